The van der Waals surface area contributed by atoms with Gasteiger partial charge in [0.2, 0.25) is 5.91 Å². The van der Waals surface area contributed by atoms with Crippen LogP contribution in [0.5, 0.6) is 0 Å². The molecule has 1 aromatic heterocycles. The number of benzene rings is 2. The Bertz CT molecular complexity index is 998. The molecule has 0 atom stereocenters. The monoisotopic (exact) mass is 374 g/mol. The van der Waals surface area contributed by atoms with Crippen LogP contribution in [0.2, 0.25) is 0 Å². The second-order valence-electron chi connectivity index (χ2n) is 7.96. The number of rotatable bonds is 3. The number of aromatic amines is 1. The largest absolute Gasteiger partial charge is 0.342 e. The van der Waals surface area contributed by atoms with Crippen LogP contribution in [0, 0.1) is 0 Å². The third-order valence-electron chi connectivity index (χ3n) is 6.12. The molecule has 5 nitrogen and oxygen atoms in total. The Morgan fingerprint density at radius 2 is 1.82 bits per heavy atom. The Morgan fingerprint density at radius 3 is 2.71 bits per heavy atom. The zero-order valence-corrected chi connectivity index (χ0v) is 16.2. The minimum Gasteiger partial charge on any atom is -0.342 e. The van der Waals surface area contributed by atoms with Crippen LogP contribution in [0.1, 0.15) is 30.5 Å². The van der Waals surface area contributed by atoms with E-state index >= 15 is 0 Å². The van der Waals surface area contributed by atoms with E-state index in [4.69, 9.17) is 0 Å². The van der Waals surface area contributed by atoms with E-state index in [1.165, 1.54) is 34.0 Å². The SMILES string of the molecule is O=C(CN1CCc2[nH]nc(-c3cccc4ccccc34)c2C1)N1CCCCC1. The third kappa shape index (κ3) is 3.20. The Labute approximate surface area is 165 Å². The normalized spacial score (nSPS) is 17.6. The van der Waals surface area contributed by atoms with Crippen LogP contribution in [0.3, 0.4) is 0 Å². The van der Waals surface area contributed by atoms with Crippen molar-refractivity contribution in [1.29, 1.82) is 0 Å². The van der Waals surface area contributed by atoms with Gasteiger partial charge in [-0.25, -0.2) is 0 Å². The first kappa shape index (κ1) is 17.4. The number of hydrogen-bond acceptors (Lipinski definition) is 3. The van der Waals surface area contributed by atoms with Crippen molar-refractivity contribution in [2.45, 2.75) is 32.2 Å². The van der Waals surface area contributed by atoms with Crippen LogP contribution in [0.15, 0.2) is 42.5 Å². The molecule has 0 spiro atoms. The highest BCUT2D eigenvalue weighted by molar-refractivity contribution is 5.96. The first-order valence-electron chi connectivity index (χ1n) is 10.3. The number of hydrogen-bond donors (Lipinski definition) is 1. The summed E-state index contributed by atoms with van der Waals surface area (Å²) >= 11 is 0. The molecular formula is C23H26N4O. The zero-order chi connectivity index (χ0) is 18.9. The summed E-state index contributed by atoms with van der Waals surface area (Å²) in [6, 6.07) is 14.8. The van der Waals surface area contributed by atoms with Crippen LogP contribution < -0.4 is 0 Å². The Morgan fingerprint density at radius 1 is 1.00 bits per heavy atom. The van der Waals surface area contributed by atoms with E-state index in [2.05, 4.69) is 57.6 Å². The second kappa shape index (κ2) is 7.40. The van der Waals surface area contributed by atoms with Crippen molar-refractivity contribution < 1.29 is 4.79 Å². The lowest BCUT2D eigenvalue weighted by molar-refractivity contribution is -0.133. The van der Waals surface area contributed by atoms with Gasteiger partial charge in [0.25, 0.3) is 0 Å². The molecule has 28 heavy (non-hydrogen) atoms. The highest BCUT2D eigenvalue weighted by Crippen LogP contribution is 2.33. The number of piperidine rings is 1. The summed E-state index contributed by atoms with van der Waals surface area (Å²) in [5, 5.41) is 10.4. The molecule has 0 unspecified atom stereocenters. The zero-order valence-electron chi connectivity index (χ0n) is 16.2. The number of fused-ring (bicyclic) bond motifs is 2. The Hall–Kier alpha value is -2.66. The lowest BCUT2D eigenvalue weighted by Crippen LogP contribution is -2.44. The van der Waals surface area contributed by atoms with Crippen molar-refractivity contribution in [2.75, 3.05) is 26.2 Å². The van der Waals surface area contributed by atoms with Crippen LogP contribution in [-0.2, 0) is 17.8 Å². The van der Waals surface area contributed by atoms with Crippen molar-refractivity contribution in [2.24, 2.45) is 0 Å². The number of nitrogens with zero attached hydrogens (tertiary/aromatic N) is 3. The number of likely N-dealkylation sites (tertiary alicyclic amines) is 1. The van der Waals surface area contributed by atoms with Gasteiger partial charge in [-0.2, -0.15) is 5.10 Å². The molecule has 3 aromatic rings. The van der Waals surface area contributed by atoms with Gasteiger partial charge in [-0.05, 0) is 30.0 Å². The summed E-state index contributed by atoms with van der Waals surface area (Å²) in [6.45, 7) is 4.04. The van der Waals surface area contributed by atoms with Crippen molar-refractivity contribution in [3.63, 3.8) is 0 Å². The third-order valence-corrected chi connectivity index (χ3v) is 6.12. The van der Waals surface area contributed by atoms with E-state index in [0.717, 1.165) is 51.1 Å². The molecule has 0 saturated carbocycles. The molecular weight excluding hydrogens is 348 g/mol. The van der Waals surface area contributed by atoms with E-state index in [-0.39, 0.29) is 5.91 Å². The van der Waals surface area contributed by atoms with Gasteiger partial charge in [0.1, 0.15) is 0 Å². The summed E-state index contributed by atoms with van der Waals surface area (Å²) < 4.78 is 0. The highest BCUT2D eigenvalue weighted by Gasteiger charge is 2.26. The molecule has 5 heteroatoms. The molecule has 2 aliphatic rings. The summed E-state index contributed by atoms with van der Waals surface area (Å²) in [7, 11) is 0. The first-order valence-corrected chi connectivity index (χ1v) is 10.3. The van der Waals surface area contributed by atoms with E-state index < -0.39 is 0 Å². The molecule has 0 bridgehead atoms. The fraction of sp³-hybridized carbons (Fsp3) is 0.391. The summed E-state index contributed by atoms with van der Waals surface area (Å²) in [6.07, 6.45) is 4.45. The van der Waals surface area contributed by atoms with Crippen molar-refractivity contribution in [1.82, 2.24) is 20.0 Å². The minimum atomic E-state index is 0.276. The molecule has 2 aromatic carbocycles. The van der Waals surface area contributed by atoms with Gasteiger partial charge in [-0.1, -0.05) is 42.5 Å². The molecule has 1 N–H and O–H groups in total. The number of amides is 1. The van der Waals surface area contributed by atoms with E-state index in [1.807, 2.05) is 4.90 Å². The van der Waals surface area contributed by atoms with Crippen molar-refractivity contribution >= 4 is 16.7 Å². The standard InChI is InChI=1S/C23H26N4O/c28-22(27-12-4-1-5-13-27)16-26-14-11-21-20(15-26)23(25-24-21)19-10-6-8-17-7-2-3-9-18(17)19/h2-3,6-10H,1,4-5,11-16H2,(H,24,25). The van der Waals surface area contributed by atoms with Crippen LogP contribution >= 0.6 is 0 Å². The maximum absolute atomic E-state index is 12.7. The quantitative estimate of drug-likeness (QED) is 0.762. The summed E-state index contributed by atoms with van der Waals surface area (Å²) in [5.74, 6) is 0.276. The number of H-pyrrole nitrogens is 1. The molecule has 0 aliphatic carbocycles. The molecule has 1 fully saturated rings. The van der Waals surface area contributed by atoms with Gasteiger partial charge in [0.05, 0.1) is 12.2 Å². The maximum Gasteiger partial charge on any atom is 0.236 e. The van der Waals surface area contributed by atoms with Gasteiger partial charge >= 0.3 is 0 Å². The fourth-order valence-corrected chi connectivity index (χ4v) is 4.58. The molecule has 3 heterocycles. The molecule has 0 radical (unpaired) electrons. The van der Waals surface area contributed by atoms with Gasteiger partial charge in [0.15, 0.2) is 0 Å². The van der Waals surface area contributed by atoms with Crippen LogP contribution in [0.4, 0.5) is 0 Å². The van der Waals surface area contributed by atoms with E-state index in [1.54, 1.807) is 0 Å². The van der Waals surface area contributed by atoms with Gasteiger partial charge in [0, 0.05) is 49.4 Å². The van der Waals surface area contributed by atoms with Crippen molar-refractivity contribution in [3.05, 3.63) is 53.7 Å². The Kier molecular flexibility index (Phi) is 4.61. The molecule has 1 saturated heterocycles. The molecule has 144 valence electrons. The van der Waals surface area contributed by atoms with Gasteiger partial charge in [-0.3, -0.25) is 14.8 Å². The number of carbonyl (C=O) groups is 1. The molecule has 1 amide bonds. The number of carbonyl (C=O) groups excluding carboxylic acids is 1. The topological polar surface area (TPSA) is 52.2 Å². The average Bonchev–Trinajstić information content (AvgIpc) is 3.17. The lowest BCUT2D eigenvalue weighted by Gasteiger charge is -2.31. The van der Waals surface area contributed by atoms with Crippen LogP contribution in [0.25, 0.3) is 22.0 Å². The number of aromatic nitrogens is 2. The van der Waals surface area contributed by atoms with Crippen molar-refractivity contribution in [3.8, 4) is 11.3 Å². The van der Waals surface area contributed by atoms with Gasteiger partial charge in [-0.15, -0.1) is 0 Å². The first-order chi connectivity index (χ1) is 13.8. The predicted octanol–water partition coefficient (Wildman–Crippen LogP) is 3.60. The molecule has 2 aliphatic heterocycles. The Balaban J connectivity index is 1.40. The second-order valence-corrected chi connectivity index (χ2v) is 7.96. The summed E-state index contributed by atoms with van der Waals surface area (Å²) in [5.41, 5.74) is 4.65. The highest BCUT2D eigenvalue weighted by atomic mass is 16.2. The lowest BCUT2D eigenvalue weighted by atomic mass is 9.97. The van der Waals surface area contributed by atoms with E-state index in [0.29, 0.717) is 6.54 Å². The number of nitrogens with one attached hydrogen (secondary N) is 1. The fourth-order valence-electron chi connectivity index (χ4n) is 4.58. The van der Waals surface area contributed by atoms with E-state index in [9.17, 15) is 4.79 Å². The predicted molar refractivity (Wildman–Crippen MR) is 111 cm³/mol. The minimum absolute atomic E-state index is 0.276. The molecule has 5 rings (SSSR count). The maximum atomic E-state index is 12.7. The average molecular weight is 374 g/mol. The smallest absolute Gasteiger partial charge is 0.236 e. The summed E-state index contributed by atoms with van der Waals surface area (Å²) in [4.78, 5) is 17.0. The van der Waals surface area contributed by atoms with Crippen LogP contribution in [-0.4, -0.2) is 52.1 Å². The van der Waals surface area contributed by atoms with Gasteiger partial charge < -0.3 is 4.90 Å².